The zero-order chi connectivity index (χ0) is 14.4. The molecule has 2 unspecified atom stereocenters. The number of nitrogens with one attached hydrogen (secondary N) is 1. The van der Waals surface area contributed by atoms with Crippen molar-refractivity contribution in [1.29, 1.82) is 0 Å². The third-order valence-electron chi connectivity index (χ3n) is 3.83. The molecule has 1 aliphatic carbocycles. The topological polar surface area (TPSA) is 41.5 Å². The molecule has 4 heteroatoms. The van der Waals surface area contributed by atoms with Crippen LogP contribution in [0.15, 0.2) is 28.7 Å². The van der Waals surface area contributed by atoms with E-state index in [2.05, 4.69) is 40.3 Å². The Morgan fingerprint density at radius 2 is 2.15 bits per heavy atom. The van der Waals surface area contributed by atoms with Crippen LogP contribution in [-0.4, -0.2) is 30.5 Å². The first-order valence-electron chi connectivity index (χ1n) is 7.43. The predicted molar refractivity (Wildman–Crippen MR) is 84.8 cm³/mol. The van der Waals surface area contributed by atoms with Gasteiger partial charge in [-0.15, -0.1) is 0 Å². The fourth-order valence-corrected chi connectivity index (χ4v) is 2.98. The van der Waals surface area contributed by atoms with Crippen LogP contribution >= 0.6 is 15.9 Å². The van der Waals surface area contributed by atoms with Gasteiger partial charge >= 0.3 is 0 Å². The maximum atomic E-state index is 9.96. The molecule has 1 saturated carbocycles. The summed E-state index contributed by atoms with van der Waals surface area (Å²) >= 11 is 3.48. The molecule has 20 heavy (non-hydrogen) atoms. The Bertz CT molecular complexity index is 407. The van der Waals surface area contributed by atoms with E-state index >= 15 is 0 Å². The van der Waals surface area contributed by atoms with Crippen LogP contribution < -0.4 is 5.32 Å². The highest BCUT2D eigenvalue weighted by molar-refractivity contribution is 9.10. The molecule has 1 aromatic carbocycles. The van der Waals surface area contributed by atoms with Gasteiger partial charge in [-0.3, -0.25) is 0 Å². The standard InChI is InChI=1S/C16H24BrNO2/c1-12(13-5-4-6-14(17)9-13)18-10-15(19)11-20-16-7-2-3-8-16/h4-6,9,12,15-16,18-19H,2-3,7-8,10-11H2,1H3. The highest BCUT2D eigenvalue weighted by atomic mass is 79.9. The van der Waals surface area contributed by atoms with E-state index in [1.165, 1.54) is 18.4 Å². The highest BCUT2D eigenvalue weighted by Gasteiger charge is 2.17. The van der Waals surface area contributed by atoms with E-state index in [-0.39, 0.29) is 6.04 Å². The molecule has 0 radical (unpaired) electrons. The second-order valence-corrected chi connectivity index (χ2v) is 6.49. The minimum atomic E-state index is -0.440. The van der Waals surface area contributed by atoms with Gasteiger partial charge in [-0.1, -0.05) is 40.9 Å². The quantitative estimate of drug-likeness (QED) is 0.798. The van der Waals surface area contributed by atoms with E-state index in [9.17, 15) is 5.11 Å². The number of benzene rings is 1. The van der Waals surface area contributed by atoms with Crippen molar-refractivity contribution in [3.63, 3.8) is 0 Å². The Morgan fingerprint density at radius 1 is 1.40 bits per heavy atom. The third kappa shape index (κ3) is 5.17. The molecule has 112 valence electrons. The summed E-state index contributed by atoms with van der Waals surface area (Å²) < 4.78 is 6.80. The molecule has 3 nitrogen and oxygen atoms in total. The Balaban J connectivity index is 1.68. The van der Waals surface area contributed by atoms with Gasteiger partial charge in [0.25, 0.3) is 0 Å². The number of hydrogen-bond donors (Lipinski definition) is 2. The normalized spacial score (nSPS) is 19.1. The van der Waals surface area contributed by atoms with E-state index in [0.29, 0.717) is 19.3 Å². The summed E-state index contributed by atoms with van der Waals surface area (Å²) in [7, 11) is 0. The molecular weight excluding hydrogens is 318 g/mol. The summed E-state index contributed by atoms with van der Waals surface area (Å²) in [5, 5.41) is 13.3. The van der Waals surface area contributed by atoms with Crippen LogP contribution in [0.25, 0.3) is 0 Å². The SMILES string of the molecule is CC(NCC(O)COC1CCCC1)c1cccc(Br)c1. The average Bonchev–Trinajstić information content (AvgIpc) is 2.95. The Kier molecular flexibility index (Phi) is 6.49. The molecule has 0 heterocycles. The molecule has 0 bridgehead atoms. The summed E-state index contributed by atoms with van der Waals surface area (Å²) in [5.74, 6) is 0. The Morgan fingerprint density at radius 3 is 2.85 bits per heavy atom. The summed E-state index contributed by atoms with van der Waals surface area (Å²) in [6.07, 6.45) is 4.75. The lowest BCUT2D eigenvalue weighted by atomic mass is 10.1. The largest absolute Gasteiger partial charge is 0.389 e. The van der Waals surface area contributed by atoms with Gasteiger partial charge in [-0.2, -0.15) is 0 Å². The fourth-order valence-electron chi connectivity index (χ4n) is 2.57. The van der Waals surface area contributed by atoms with Crippen molar-refractivity contribution in [3.05, 3.63) is 34.3 Å². The molecule has 0 aliphatic heterocycles. The van der Waals surface area contributed by atoms with Gasteiger partial charge in [0.2, 0.25) is 0 Å². The zero-order valence-corrected chi connectivity index (χ0v) is 13.6. The zero-order valence-electron chi connectivity index (χ0n) is 12.0. The molecule has 2 N–H and O–H groups in total. The van der Waals surface area contributed by atoms with Gasteiger partial charge in [0.1, 0.15) is 0 Å². The predicted octanol–water partition coefficient (Wildman–Crippen LogP) is 3.42. The monoisotopic (exact) mass is 341 g/mol. The van der Waals surface area contributed by atoms with Crippen LogP contribution in [0, 0.1) is 0 Å². The van der Waals surface area contributed by atoms with Crippen LogP contribution in [0.5, 0.6) is 0 Å². The molecule has 1 fully saturated rings. The molecule has 0 saturated heterocycles. The molecular formula is C16H24BrNO2. The first-order valence-corrected chi connectivity index (χ1v) is 8.23. The van der Waals surface area contributed by atoms with Crippen molar-refractivity contribution in [2.24, 2.45) is 0 Å². The second kappa shape index (κ2) is 8.13. The highest BCUT2D eigenvalue weighted by Crippen LogP contribution is 2.21. The average molecular weight is 342 g/mol. The van der Waals surface area contributed by atoms with Crippen LogP contribution in [0.4, 0.5) is 0 Å². The lowest BCUT2D eigenvalue weighted by Gasteiger charge is -2.19. The van der Waals surface area contributed by atoms with Gasteiger partial charge in [0.05, 0.1) is 18.8 Å². The Hall–Kier alpha value is -0.420. The molecule has 1 aliphatic rings. The fraction of sp³-hybridized carbons (Fsp3) is 0.625. The van der Waals surface area contributed by atoms with Crippen LogP contribution in [0.3, 0.4) is 0 Å². The van der Waals surface area contributed by atoms with E-state index in [4.69, 9.17) is 4.74 Å². The molecule has 1 aromatic rings. The Labute approximate surface area is 129 Å². The van der Waals surface area contributed by atoms with Crippen molar-refractivity contribution in [3.8, 4) is 0 Å². The van der Waals surface area contributed by atoms with Crippen molar-refractivity contribution in [2.45, 2.75) is 50.9 Å². The van der Waals surface area contributed by atoms with Crippen molar-refractivity contribution >= 4 is 15.9 Å². The molecule has 2 atom stereocenters. The van der Waals surface area contributed by atoms with E-state index in [1.807, 2.05) is 12.1 Å². The van der Waals surface area contributed by atoms with Gasteiger partial charge in [-0.05, 0) is 37.5 Å². The minimum Gasteiger partial charge on any atom is -0.389 e. The number of aliphatic hydroxyl groups excluding tert-OH is 1. The maximum Gasteiger partial charge on any atom is 0.0898 e. The minimum absolute atomic E-state index is 0.216. The summed E-state index contributed by atoms with van der Waals surface area (Å²) in [4.78, 5) is 0. The van der Waals surface area contributed by atoms with Crippen molar-refractivity contribution in [1.82, 2.24) is 5.32 Å². The van der Waals surface area contributed by atoms with E-state index < -0.39 is 6.10 Å². The van der Waals surface area contributed by atoms with Crippen LogP contribution in [0.1, 0.15) is 44.2 Å². The lowest BCUT2D eigenvalue weighted by molar-refractivity contribution is -0.00610. The van der Waals surface area contributed by atoms with Crippen LogP contribution in [0.2, 0.25) is 0 Å². The lowest BCUT2D eigenvalue weighted by Crippen LogP contribution is -2.33. The van der Waals surface area contributed by atoms with Gasteiger partial charge < -0.3 is 15.2 Å². The number of aliphatic hydroxyl groups is 1. The second-order valence-electron chi connectivity index (χ2n) is 5.58. The number of ether oxygens (including phenoxy) is 1. The molecule has 2 rings (SSSR count). The molecule has 0 amide bonds. The number of halogens is 1. The smallest absolute Gasteiger partial charge is 0.0898 e. The summed E-state index contributed by atoms with van der Waals surface area (Å²) in [6, 6.07) is 8.44. The summed E-state index contributed by atoms with van der Waals surface area (Å²) in [5.41, 5.74) is 1.21. The first kappa shape index (κ1) is 16.0. The first-order chi connectivity index (χ1) is 9.65. The van der Waals surface area contributed by atoms with Crippen molar-refractivity contribution < 1.29 is 9.84 Å². The van der Waals surface area contributed by atoms with E-state index in [0.717, 1.165) is 17.3 Å². The van der Waals surface area contributed by atoms with Gasteiger partial charge in [-0.25, -0.2) is 0 Å². The van der Waals surface area contributed by atoms with Crippen LogP contribution in [-0.2, 0) is 4.74 Å². The van der Waals surface area contributed by atoms with Gasteiger partial charge in [0.15, 0.2) is 0 Å². The molecule has 0 aromatic heterocycles. The molecule has 0 spiro atoms. The maximum absolute atomic E-state index is 9.96. The van der Waals surface area contributed by atoms with Crippen molar-refractivity contribution in [2.75, 3.05) is 13.2 Å². The number of hydrogen-bond acceptors (Lipinski definition) is 3. The summed E-state index contributed by atoms with van der Waals surface area (Å²) in [6.45, 7) is 3.09. The van der Waals surface area contributed by atoms with E-state index in [1.54, 1.807) is 0 Å². The third-order valence-corrected chi connectivity index (χ3v) is 4.33. The number of rotatable bonds is 7. The van der Waals surface area contributed by atoms with Gasteiger partial charge in [0, 0.05) is 17.1 Å².